The van der Waals surface area contributed by atoms with Gasteiger partial charge >= 0.3 is 0 Å². The van der Waals surface area contributed by atoms with Gasteiger partial charge in [-0.25, -0.2) is 13.1 Å². The van der Waals surface area contributed by atoms with Crippen LogP contribution >= 0.6 is 11.6 Å². The maximum atomic E-state index is 12.5. The highest BCUT2D eigenvalue weighted by Gasteiger charge is 2.44. The Labute approximate surface area is 152 Å². The summed E-state index contributed by atoms with van der Waals surface area (Å²) in [5.41, 5.74) is 1.47. The summed E-state index contributed by atoms with van der Waals surface area (Å²) >= 11 is 5.95. The van der Waals surface area contributed by atoms with E-state index < -0.39 is 10.0 Å². The molecular weight excluding hydrogens is 360 g/mol. The number of hydrogen-bond acceptors (Lipinski definition) is 3. The third-order valence-electron chi connectivity index (χ3n) is 4.58. The molecule has 0 bridgehead atoms. The minimum Gasteiger partial charge on any atom is -0.351 e. The number of benzene rings is 2. The Morgan fingerprint density at radius 2 is 1.84 bits per heavy atom. The molecule has 1 fully saturated rings. The number of hydrogen-bond donors (Lipinski definition) is 2. The monoisotopic (exact) mass is 378 g/mol. The van der Waals surface area contributed by atoms with Gasteiger partial charge in [-0.1, -0.05) is 41.9 Å². The topological polar surface area (TPSA) is 75.3 Å². The predicted molar refractivity (Wildman–Crippen MR) is 97.4 cm³/mol. The number of carbonyl (C=O) groups is 1. The van der Waals surface area contributed by atoms with Crippen molar-refractivity contribution in [1.29, 1.82) is 0 Å². The highest BCUT2D eigenvalue weighted by Crippen LogP contribution is 2.47. The number of nitrogens with one attached hydrogen (secondary N) is 2. The van der Waals surface area contributed by atoms with E-state index in [4.69, 9.17) is 11.6 Å². The Balaban J connectivity index is 1.76. The molecule has 2 N–H and O–H groups in total. The third kappa shape index (κ3) is 3.71. The van der Waals surface area contributed by atoms with Gasteiger partial charge in [0.25, 0.3) is 5.91 Å². The van der Waals surface area contributed by atoms with Crippen LogP contribution in [0, 0.1) is 0 Å². The first-order chi connectivity index (χ1) is 11.9. The number of amides is 1. The molecule has 132 valence electrons. The molecule has 25 heavy (non-hydrogen) atoms. The summed E-state index contributed by atoms with van der Waals surface area (Å²) in [6.45, 7) is 0.520. The highest BCUT2D eigenvalue weighted by molar-refractivity contribution is 7.89. The zero-order valence-electron chi connectivity index (χ0n) is 13.8. The van der Waals surface area contributed by atoms with Crippen molar-refractivity contribution in [1.82, 2.24) is 10.0 Å². The van der Waals surface area contributed by atoms with E-state index in [1.807, 2.05) is 18.2 Å². The van der Waals surface area contributed by atoms with E-state index >= 15 is 0 Å². The predicted octanol–water partition coefficient (Wildman–Crippen LogP) is 2.71. The normalized spacial score (nSPS) is 15.6. The zero-order valence-corrected chi connectivity index (χ0v) is 15.3. The molecule has 0 aromatic heterocycles. The minimum atomic E-state index is -3.72. The van der Waals surface area contributed by atoms with Crippen LogP contribution in [0.25, 0.3) is 0 Å². The van der Waals surface area contributed by atoms with Crippen LogP contribution in [0.2, 0.25) is 5.02 Å². The second-order valence-corrected chi connectivity index (χ2v) is 8.44. The first-order valence-corrected chi connectivity index (χ1v) is 9.81. The van der Waals surface area contributed by atoms with E-state index in [1.165, 1.54) is 30.8 Å². The number of sulfonamides is 1. The molecule has 2 aromatic rings. The summed E-state index contributed by atoms with van der Waals surface area (Å²) in [5, 5.41) is 3.00. The number of halogens is 1. The van der Waals surface area contributed by atoms with Gasteiger partial charge in [0.1, 0.15) is 4.90 Å². The summed E-state index contributed by atoms with van der Waals surface area (Å²) < 4.78 is 26.2. The quantitative estimate of drug-likeness (QED) is 0.811. The summed E-state index contributed by atoms with van der Waals surface area (Å²) in [6.07, 6.45) is 2.05. The van der Waals surface area contributed by atoms with Gasteiger partial charge in [0.2, 0.25) is 10.0 Å². The molecule has 1 amide bonds. The van der Waals surface area contributed by atoms with Gasteiger partial charge in [-0.05, 0) is 43.7 Å². The average molecular weight is 379 g/mol. The average Bonchev–Trinajstić information content (AvgIpc) is 3.42. The van der Waals surface area contributed by atoms with Crippen molar-refractivity contribution in [2.24, 2.45) is 0 Å². The molecule has 1 saturated carbocycles. The van der Waals surface area contributed by atoms with Crippen molar-refractivity contribution < 1.29 is 13.2 Å². The lowest BCUT2D eigenvalue weighted by Gasteiger charge is -2.17. The Bertz CT molecular complexity index is 894. The van der Waals surface area contributed by atoms with Crippen LogP contribution < -0.4 is 10.0 Å². The standard InChI is InChI=1S/C18H19ClN2O3S/c1-20-25(23,24)16-11-13(7-8-15(16)19)17(22)21-12-18(9-10-18)14-5-3-2-4-6-14/h2-8,11,20H,9-10,12H2,1H3,(H,21,22). The van der Waals surface area contributed by atoms with Crippen LogP contribution in [-0.2, 0) is 15.4 Å². The molecule has 5 nitrogen and oxygen atoms in total. The molecule has 0 heterocycles. The van der Waals surface area contributed by atoms with Crippen LogP contribution in [0.1, 0.15) is 28.8 Å². The van der Waals surface area contributed by atoms with Crippen LogP contribution in [0.15, 0.2) is 53.4 Å². The van der Waals surface area contributed by atoms with Gasteiger partial charge < -0.3 is 5.32 Å². The zero-order chi connectivity index (χ0) is 18.1. The Morgan fingerprint density at radius 3 is 2.44 bits per heavy atom. The van der Waals surface area contributed by atoms with Crippen molar-refractivity contribution in [3.63, 3.8) is 0 Å². The summed E-state index contributed by atoms with van der Waals surface area (Å²) in [7, 11) is -2.42. The fraction of sp³-hybridized carbons (Fsp3) is 0.278. The summed E-state index contributed by atoms with van der Waals surface area (Å²) in [6, 6.07) is 14.3. The van der Waals surface area contributed by atoms with Crippen molar-refractivity contribution >= 4 is 27.5 Å². The lowest BCUT2D eigenvalue weighted by Crippen LogP contribution is -2.32. The van der Waals surface area contributed by atoms with E-state index in [0.29, 0.717) is 6.54 Å². The maximum Gasteiger partial charge on any atom is 0.251 e. The Kier molecular flexibility index (Phi) is 4.86. The minimum absolute atomic E-state index is 0.0107. The smallest absolute Gasteiger partial charge is 0.251 e. The van der Waals surface area contributed by atoms with E-state index in [-0.39, 0.29) is 26.8 Å². The summed E-state index contributed by atoms with van der Waals surface area (Å²) in [4.78, 5) is 12.4. The van der Waals surface area contributed by atoms with Crippen LogP contribution in [-0.4, -0.2) is 27.9 Å². The van der Waals surface area contributed by atoms with Crippen molar-refractivity contribution in [2.45, 2.75) is 23.2 Å². The van der Waals surface area contributed by atoms with Crippen LogP contribution in [0.3, 0.4) is 0 Å². The molecule has 0 aliphatic heterocycles. The van der Waals surface area contributed by atoms with Crippen LogP contribution in [0.5, 0.6) is 0 Å². The van der Waals surface area contributed by atoms with Gasteiger partial charge in [0.15, 0.2) is 0 Å². The van der Waals surface area contributed by atoms with E-state index in [9.17, 15) is 13.2 Å². The molecule has 1 aliphatic rings. The first kappa shape index (κ1) is 17.9. The lowest BCUT2D eigenvalue weighted by molar-refractivity contribution is 0.0949. The highest BCUT2D eigenvalue weighted by atomic mass is 35.5. The second kappa shape index (κ2) is 6.78. The SMILES string of the molecule is CNS(=O)(=O)c1cc(C(=O)NCC2(c3ccccc3)CC2)ccc1Cl. The largest absolute Gasteiger partial charge is 0.351 e. The van der Waals surface area contributed by atoms with Gasteiger partial charge in [-0.2, -0.15) is 0 Å². The van der Waals surface area contributed by atoms with Gasteiger partial charge in [0, 0.05) is 17.5 Å². The van der Waals surface area contributed by atoms with Crippen molar-refractivity contribution in [3.8, 4) is 0 Å². The Hall–Kier alpha value is -1.89. The van der Waals surface area contributed by atoms with Gasteiger partial charge in [-0.15, -0.1) is 0 Å². The molecule has 7 heteroatoms. The molecule has 3 rings (SSSR count). The fourth-order valence-electron chi connectivity index (χ4n) is 2.82. The maximum absolute atomic E-state index is 12.5. The molecular formula is C18H19ClN2O3S. The van der Waals surface area contributed by atoms with Gasteiger partial charge in [-0.3, -0.25) is 4.79 Å². The molecule has 0 radical (unpaired) electrons. The van der Waals surface area contributed by atoms with E-state index in [1.54, 1.807) is 0 Å². The number of rotatable bonds is 6. The molecule has 1 aliphatic carbocycles. The lowest BCUT2D eigenvalue weighted by atomic mass is 9.96. The number of carbonyl (C=O) groups excluding carboxylic acids is 1. The Morgan fingerprint density at radius 1 is 1.16 bits per heavy atom. The van der Waals surface area contributed by atoms with Crippen molar-refractivity contribution in [3.05, 3.63) is 64.7 Å². The summed E-state index contributed by atoms with van der Waals surface area (Å²) in [5.74, 6) is -0.313. The molecule has 0 unspecified atom stereocenters. The van der Waals surface area contributed by atoms with Crippen molar-refractivity contribution in [2.75, 3.05) is 13.6 Å². The molecule has 0 spiro atoms. The third-order valence-corrected chi connectivity index (χ3v) is 6.47. The first-order valence-electron chi connectivity index (χ1n) is 7.95. The molecule has 2 aromatic carbocycles. The fourth-order valence-corrected chi connectivity index (χ4v) is 4.07. The van der Waals surface area contributed by atoms with Gasteiger partial charge in [0.05, 0.1) is 5.02 Å². The van der Waals surface area contributed by atoms with E-state index in [0.717, 1.165) is 12.8 Å². The van der Waals surface area contributed by atoms with Crippen LogP contribution in [0.4, 0.5) is 0 Å². The molecule has 0 atom stereocenters. The van der Waals surface area contributed by atoms with E-state index in [2.05, 4.69) is 22.2 Å². The molecule has 0 saturated heterocycles. The second-order valence-electron chi connectivity index (χ2n) is 6.18.